The predicted molar refractivity (Wildman–Crippen MR) is 167 cm³/mol. The number of hydrogen-bond donors (Lipinski definition) is 1. The molecule has 0 bridgehead atoms. The first-order chi connectivity index (χ1) is 21.2. The number of rotatable bonds is 5. The number of aryl methyl sites for hydroxylation is 1. The number of hydrogen-bond acceptors (Lipinski definition) is 7. The fraction of sp³-hybridized carbons (Fsp3) is 0.194. The molecule has 8 nitrogen and oxygen atoms in total. The van der Waals surface area contributed by atoms with Crippen molar-refractivity contribution >= 4 is 39.4 Å². The van der Waals surface area contributed by atoms with E-state index in [1.165, 1.54) is 6.92 Å². The average molecular weight is 587 g/mol. The highest BCUT2D eigenvalue weighted by molar-refractivity contribution is 6.04. The summed E-state index contributed by atoms with van der Waals surface area (Å²) in [6.45, 7) is 4.57. The van der Waals surface area contributed by atoms with Crippen LogP contribution in [0.15, 0.2) is 78.9 Å². The van der Waals surface area contributed by atoms with Crippen molar-refractivity contribution in [3.05, 3.63) is 112 Å². The second-order valence-electron chi connectivity index (χ2n) is 11.6. The van der Waals surface area contributed by atoms with E-state index in [-0.39, 0.29) is 5.91 Å². The summed E-state index contributed by atoms with van der Waals surface area (Å²) in [5.41, 5.74) is 2.53. The van der Waals surface area contributed by atoms with Crippen LogP contribution in [0.2, 0.25) is 0 Å². The van der Waals surface area contributed by atoms with Crippen LogP contribution in [-0.4, -0.2) is 49.9 Å². The number of esters is 2. The van der Waals surface area contributed by atoms with Gasteiger partial charge in [0.05, 0.1) is 5.56 Å². The average Bonchev–Trinajstić information content (AvgIpc) is 3.27. The molecule has 2 heterocycles. The number of nitrogens with one attached hydrogen (secondary N) is 1. The van der Waals surface area contributed by atoms with Crippen LogP contribution in [0.1, 0.15) is 49.9 Å². The van der Waals surface area contributed by atoms with Crippen LogP contribution >= 0.6 is 0 Å². The van der Waals surface area contributed by atoms with Gasteiger partial charge in [0.15, 0.2) is 5.60 Å². The van der Waals surface area contributed by atoms with E-state index < -0.39 is 17.5 Å². The van der Waals surface area contributed by atoms with Crippen LogP contribution in [0.3, 0.4) is 0 Å². The molecule has 5 aromatic rings. The Morgan fingerprint density at radius 3 is 2.18 bits per heavy atom. The Labute approximate surface area is 254 Å². The summed E-state index contributed by atoms with van der Waals surface area (Å²) >= 11 is 0. The fourth-order valence-electron chi connectivity index (χ4n) is 6.26. The molecular formula is C36H30N2O6. The predicted octanol–water partition coefficient (Wildman–Crippen LogP) is 6.09. The van der Waals surface area contributed by atoms with E-state index in [1.54, 1.807) is 24.3 Å². The van der Waals surface area contributed by atoms with Crippen molar-refractivity contribution in [2.75, 3.05) is 27.2 Å². The van der Waals surface area contributed by atoms with Crippen molar-refractivity contribution in [3.8, 4) is 17.2 Å². The Morgan fingerprint density at radius 2 is 1.50 bits per heavy atom. The first-order valence-electron chi connectivity index (χ1n) is 14.4. The highest BCUT2D eigenvalue weighted by Crippen LogP contribution is 2.59. The maximum Gasteiger partial charge on any atom is 0.340 e. The number of benzene rings is 5. The van der Waals surface area contributed by atoms with Gasteiger partial charge in [-0.15, -0.1) is 0 Å². The van der Waals surface area contributed by atoms with E-state index >= 15 is 0 Å². The standard InChI is InChI=1S/C36H30N2O6/c1-20-5-10-26-22(17-20)6-13-30-32(26)43-33-27-11-9-25(42-21(2)39)18-23(27)7-14-31(33)36(30)29-12-8-24(19-28(29)35(41)44-36)34(40)37-15-16-38(3)4/h5-14,17-19H,15-16H2,1-4H3,(H,37,40). The summed E-state index contributed by atoms with van der Waals surface area (Å²) < 4.78 is 18.5. The minimum absolute atomic E-state index is 0.257. The number of likely N-dealkylation sites (N-methyl/N-ethyl adjacent to an activating group) is 1. The van der Waals surface area contributed by atoms with Crippen LogP contribution in [0.25, 0.3) is 21.5 Å². The molecule has 7 rings (SSSR count). The molecule has 0 saturated heterocycles. The zero-order valence-corrected chi connectivity index (χ0v) is 24.8. The van der Waals surface area contributed by atoms with E-state index in [9.17, 15) is 14.4 Å². The van der Waals surface area contributed by atoms with E-state index in [4.69, 9.17) is 14.2 Å². The Hall–Kier alpha value is -5.21. The minimum atomic E-state index is -1.31. The molecule has 2 aliphatic heterocycles. The molecule has 0 aromatic heterocycles. The Kier molecular flexibility index (Phi) is 6.41. The summed E-state index contributed by atoms with van der Waals surface area (Å²) in [5.74, 6) is 0.378. The summed E-state index contributed by atoms with van der Waals surface area (Å²) in [5, 5.41) is 6.36. The van der Waals surface area contributed by atoms with E-state index in [2.05, 4.69) is 11.4 Å². The van der Waals surface area contributed by atoms with Gasteiger partial charge in [-0.1, -0.05) is 42.0 Å². The molecule has 1 unspecified atom stereocenters. The van der Waals surface area contributed by atoms with Crippen molar-refractivity contribution in [3.63, 3.8) is 0 Å². The molecule has 0 radical (unpaired) electrons. The molecule has 0 fully saturated rings. The molecule has 8 heteroatoms. The Balaban J connectivity index is 1.44. The van der Waals surface area contributed by atoms with E-state index in [0.717, 1.165) is 27.1 Å². The van der Waals surface area contributed by atoms with Crippen molar-refractivity contribution in [2.45, 2.75) is 19.4 Å². The second kappa shape index (κ2) is 10.2. The number of carbonyl (C=O) groups is 3. The maximum atomic E-state index is 13.7. The van der Waals surface area contributed by atoms with Crippen molar-refractivity contribution in [1.82, 2.24) is 10.2 Å². The fourth-order valence-corrected chi connectivity index (χ4v) is 6.26. The third kappa shape index (κ3) is 4.29. The monoisotopic (exact) mass is 586 g/mol. The Bertz CT molecular complexity index is 2050. The highest BCUT2D eigenvalue weighted by Gasteiger charge is 2.54. The van der Waals surface area contributed by atoms with Crippen LogP contribution in [-0.2, 0) is 15.1 Å². The van der Waals surface area contributed by atoms with Gasteiger partial charge >= 0.3 is 11.9 Å². The molecule has 0 aliphatic carbocycles. The topological polar surface area (TPSA) is 94.2 Å². The summed E-state index contributed by atoms with van der Waals surface area (Å²) in [6, 6.07) is 24.4. The summed E-state index contributed by atoms with van der Waals surface area (Å²) in [4.78, 5) is 40.3. The Morgan fingerprint density at radius 1 is 0.841 bits per heavy atom. The first kappa shape index (κ1) is 27.6. The molecular weight excluding hydrogens is 556 g/mol. The maximum absolute atomic E-state index is 13.7. The normalized spacial score (nSPS) is 16.3. The quantitative estimate of drug-likeness (QED) is 0.197. The van der Waals surface area contributed by atoms with Crippen LogP contribution < -0.4 is 14.8 Å². The first-order valence-corrected chi connectivity index (χ1v) is 14.4. The third-order valence-corrected chi connectivity index (χ3v) is 8.26. The molecule has 1 amide bonds. The molecule has 5 aromatic carbocycles. The van der Waals surface area contributed by atoms with E-state index in [1.807, 2.05) is 74.4 Å². The zero-order chi connectivity index (χ0) is 30.7. The number of ether oxygens (including phenoxy) is 3. The molecule has 220 valence electrons. The van der Waals surface area contributed by atoms with Gasteiger partial charge in [0, 0.05) is 53.0 Å². The lowest BCUT2D eigenvalue weighted by Crippen LogP contribution is -2.33. The molecule has 1 atom stereocenters. The van der Waals surface area contributed by atoms with Gasteiger partial charge in [-0.2, -0.15) is 0 Å². The summed E-state index contributed by atoms with van der Waals surface area (Å²) in [7, 11) is 3.87. The number of carbonyl (C=O) groups excluding carboxylic acids is 3. The molecule has 2 aliphatic rings. The lowest BCUT2D eigenvalue weighted by atomic mass is 9.76. The summed E-state index contributed by atoms with van der Waals surface area (Å²) in [6.07, 6.45) is 0. The van der Waals surface area contributed by atoms with Gasteiger partial charge in [0.1, 0.15) is 17.2 Å². The molecule has 1 spiro atoms. The van der Waals surface area contributed by atoms with Crippen LogP contribution in [0.5, 0.6) is 17.2 Å². The van der Waals surface area contributed by atoms with E-state index in [0.29, 0.717) is 58.2 Å². The SMILES string of the molecule is CC(=O)Oc1ccc2c3c(ccc2c1)C1(OC(=O)c2cc(C(=O)NCCN(C)C)ccc21)c1ccc2cc(C)ccc2c1O3. The zero-order valence-electron chi connectivity index (χ0n) is 24.8. The number of nitrogens with zero attached hydrogens (tertiary/aromatic N) is 1. The van der Waals surface area contributed by atoms with Crippen molar-refractivity contribution < 1.29 is 28.6 Å². The second-order valence-corrected chi connectivity index (χ2v) is 11.6. The van der Waals surface area contributed by atoms with Crippen LogP contribution in [0.4, 0.5) is 0 Å². The van der Waals surface area contributed by atoms with Crippen LogP contribution in [0, 0.1) is 6.92 Å². The number of fused-ring (bicyclic) bond motifs is 10. The molecule has 1 N–H and O–H groups in total. The smallest absolute Gasteiger partial charge is 0.340 e. The van der Waals surface area contributed by atoms with Gasteiger partial charge in [0.2, 0.25) is 0 Å². The number of amides is 1. The van der Waals surface area contributed by atoms with Gasteiger partial charge in [0.25, 0.3) is 5.91 Å². The lowest BCUT2D eigenvalue weighted by Gasteiger charge is -2.37. The van der Waals surface area contributed by atoms with Gasteiger partial charge < -0.3 is 24.4 Å². The minimum Gasteiger partial charge on any atom is -0.455 e. The lowest BCUT2D eigenvalue weighted by molar-refractivity contribution is -0.131. The van der Waals surface area contributed by atoms with Gasteiger partial charge in [-0.3, -0.25) is 9.59 Å². The largest absolute Gasteiger partial charge is 0.455 e. The van der Waals surface area contributed by atoms with Crippen molar-refractivity contribution in [2.24, 2.45) is 0 Å². The van der Waals surface area contributed by atoms with Crippen molar-refractivity contribution in [1.29, 1.82) is 0 Å². The van der Waals surface area contributed by atoms with Gasteiger partial charge in [-0.25, -0.2) is 4.79 Å². The third-order valence-electron chi connectivity index (χ3n) is 8.26. The van der Waals surface area contributed by atoms with Gasteiger partial charge in [-0.05, 0) is 74.3 Å². The highest BCUT2D eigenvalue weighted by atomic mass is 16.6. The molecule has 0 saturated carbocycles. The molecule has 44 heavy (non-hydrogen) atoms.